The van der Waals surface area contributed by atoms with Crippen molar-refractivity contribution in [3.63, 3.8) is 0 Å². The van der Waals surface area contributed by atoms with Gasteiger partial charge in [-0.3, -0.25) is 14.9 Å². The molecule has 5 nitrogen and oxygen atoms in total. The fourth-order valence-electron chi connectivity index (χ4n) is 2.71. The van der Waals surface area contributed by atoms with E-state index in [-0.39, 0.29) is 28.2 Å². The van der Waals surface area contributed by atoms with Crippen LogP contribution in [0.15, 0.2) is 18.2 Å². The van der Waals surface area contributed by atoms with Gasteiger partial charge in [-0.25, -0.2) is 0 Å². The molecule has 1 atom stereocenters. The zero-order valence-electron chi connectivity index (χ0n) is 11.4. The van der Waals surface area contributed by atoms with Crippen molar-refractivity contribution < 1.29 is 9.72 Å². The van der Waals surface area contributed by atoms with Crippen LogP contribution in [0.1, 0.15) is 36.0 Å². The number of nitro groups is 1. The molecule has 1 fully saturated rings. The van der Waals surface area contributed by atoms with Crippen molar-refractivity contribution in [2.24, 2.45) is 0 Å². The van der Waals surface area contributed by atoms with Crippen molar-refractivity contribution in [3.8, 4) is 0 Å². The summed E-state index contributed by atoms with van der Waals surface area (Å²) in [4.78, 5) is 25.0. The quantitative estimate of drug-likeness (QED) is 0.443. The number of rotatable bonds is 5. The number of benzene rings is 1. The summed E-state index contributed by atoms with van der Waals surface area (Å²) < 4.78 is 0. The zero-order chi connectivity index (χ0) is 15.4. The average molecular weight is 376 g/mol. The van der Waals surface area contributed by atoms with Crippen molar-refractivity contribution in [2.75, 3.05) is 11.9 Å². The molecule has 1 heterocycles. The first kappa shape index (κ1) is 16.2. The van der Waals surface area contributed by atoms with Crippen LogP contribution < -0.4 is 0 Å². The van der Waals surface area contributed by atoms with Crippen molar-refractivity contribution in [1.29, 1.82) is 0 Å². The average Bonchev–Trinajstić information content (AvgIpc) is 2.92. The third-order valence-electron chi connectivity index (χ3n) is 3.70. The minimum absolute atomic E-state index is 0.121. The largest absolute Gasteiger partial charge is 0.335 e. The SMILES string of the molecule is O=C(c1ccc(Cl)cc1[N+](=O)[O-])N1CCCC1CCCBr. The topological polar surface area (TPSA) is 63.4 Å². The molecule has 0 spiro atoms. The maximum Gasteiger partial charge on any atom is 0.283 e. The van der Waals surface area contributed by atoms with Crippen LogP contribution in [0.3, 0.4) is 0 Å². The highest BCUT2D eigenvalue weighted by molar-refractivity contribution is 9.09. The second-order valence-electron chi connectivity index (χ2n) is 5.04. The van der Waals surface area contributed by atoms with Gasteiger partial charge < -0.3 is 4.90 Å². The molecule has 1 aromatic rings. The molecule has 0 N–H and O–H groups in total. The molecular weight excluding hydrogens is 360 g/mol. The van der Waals surface area contributed by atoms with Crippen LogP contribution in [0.5, 0.6) is 0 Å². The van der Waals surface area contributed by atoms with E-state index in [1.54, 1.807) is 4.90 Å². The standard InChI is InChI=1S/C14H16BrClN2O3/c15-7-1-3-11-4-2-8-17(11)14(19)12-6-5-10(16)9-13(12)18(20)21/h5-6,9,11H,1-4,7-8H2. The van der Waals surface area contributed by atoms with E-state index < -0.39 is 4.92 Å². The molecule has 0 aromatic heterocycles. The third kappa shape index (κ3) is 3.74. The number of amides is 1. The Morgan fingerprint density at radius 2 is 2.29 bits per heavy atom. The number of hydrogen-bond acceptors (Lipinski definition) is 3. The number of carbonyl (C=O) groups excluding carboxylic acids is 1. The Bertz CT molecular complexity index is 553. The summed E-state index contributed by atoms with van der Waals surface area (Å²) in [6.45, 7) is 0.658. The van der Waals surface area contributed by atoms with Crippen LogP contribution in [0.25, 0.3) is 0 Å². The number of nitro benzene ring substituents is 1. The van der Waals surface area contributed by atoms with E-state index in [4.69, 9.17) is 11.6 Å². The molecule has 114 valence electrons. The molecule has 1 aliphatic heterocycles. The molecule has 0 radical (unpaired) electrons. The lowest BCUT2D eigenvalue weighted by Crippen LogP contribution is -2.35. The van der Waals surface area contributed by atoms with E-state index in [2.05, 4.69) is 15.9 Å². The maximum absolute atomic E-state index is 12.6. The Kier molecular flexibility index (Phi) is 5.58. The summed E-state index contributed by atoms with van der Waals surface area (Å²) in [5.74, 6) is -0.268. The summed E-state index contributed by atoms with van der Waals surface area (Å²) in [7, 11) is 0. The van der Waals surface area contributed by atoms with Gasteiger partial charge in [0.25, 0.3) is 11.6 Å². The predicted molar refractivity (Wildman–Crippen MR) is 85.2 cm³/mol. The molecule has 0 bridgehead atoms. The first-order chi connectivity index (χ1) is 10.0. The zero-order valence-corrected chi connectivity index (χ0v) is 13.8. The van der Waals surface area contributed by atoms with Crippen molar-refractivity contribution in [3.05, 3.63) is 38.9 Å². The van der Waals surface area contributed by atoms with Crippen LogP contribution in [-0.4, -0.2) is 33.6 Å². The Labute approximate surface area is 136 Å². The highest BCUT2D eigenvalue weighted by atomic mass is 79.9. The fraction of sp³-hybridized carbons (Fsp3) is 0.500. The Morgan fingerprint density at radius 1 is 1.52 bits per heavy atom. The number of nitrogens with zero attached hydrogens (tertiary/aromatic N) is 2. The first-order valence-electron chi connectivity index (χ1n) is 6.85. The number of likely N-dealkylation sites (tertiary alicyclic amines) is 1. The Morgan fingerprint density at radius 3 is 2.95 bits per heavy atom. The van der Waals surface area contributed by atoms with Gasteiger partial charge in [-0.1, -0.05) is 27.5 Å². The van der Waals surface area contributed by atoms with E-state index in [1.807, 2.05) is 0 Å². The van der Waals surface area contributed by atoms with E-state index in [0.717, 1.165) is 31.0 Å². The van der Waals surface area contributed by atoms with E-state index in [1.165, 1.54) is 18.2 Å². The predicted octanol–water partition coefficient (Wildman–Crippen LogP) is 4.03. The molecule has 1 saturated heterocycles. The van der Waals surface area contributed by atoms with Gasteiger partial charge in [-0.2, -0.15) is 0 Å². The third-order valence-corrected chi connectivity index (χ3v) is 4.49. The normalized spacial score (nSPS) is 18.0. The molecule has 0 aliphatic carbocycles. The molecule has 1 amide bonds. The highest BCUT2D eigenvalue weighted by Crippen LogP contribution is 2.29. The summed E-state index contributed by atoms with van der Waals surface area (Å²) in [6.07, 6.45) is 3.80. The second-order valence-corrected chi connectivity index (χ2v) is 6.27. The number of carbonyl (C=O) groups is 1. The minimum atomic E-state index is -0.553. The Hall–Kier alpha value is -1.14. The van der Waals surface area contributed by atoms with Gasteiger partial charge in [-0.15, -0.1) is 0 Å². The van der Waals surface area contributed by atoms with E-state index >= 15 is 0 Å². The summed E-state index contributed by atoms with van der Waals surface area (Å²) >= 11 is 9.18. The monoisotopic (exact) mass is 374 g/mol. The number of hydrogen-bond donors (Lipinski definition) is 0. The van der Waals surface area contributed by atoms with Gasteiger partial charge in [0.1, 0.15) is 5.56 Å². The molecular formula is C14H16BrClN2O3. The van der Waals surface area contributed by atoms with Gasteiger partial charge in [0.15, 0.2) is 0 Å². The Balaban J connectivity index is 2.25. The van der Waals surface area contributed by atoms with E-state index in [0.29, 0.717) is 6.54 Å². The van der Waals surface area contributed by atoms with Crippen molar-refractivity contribution in [2.45, 2.75) is 31.7 Å². The lowest BCUT2D eigenvalue weighted by Gasteiger charge is -2.24. The molecule has 1 aromatic carbocycles. The molecule has 1 unspecified atom stereocenters. The van der Waals surface area contributed by atoms with Crippen LogP contribution in [0.2, 0.25) is 5.02 Å². The second kappa shape index (κ2) is 7.22. The van der Waals surface area contributed by atoms with Gasteiger partial charge >= 0.3 is 0 Å². The maximum atomic E-state index is 12.6. The molecule has 7 heteroatoms. The van der Waals surface area contributed by atoms with E-state index in [9.17, 15) is 14.9 Å². The number of halogens is 2. The van der Waals surface area contributed by atoms with Gasteiger partial charge in [0.05, 0.1) is 4.92 Å². The van der Waals surface area contributed by atoms with Gasteiger partial charge in [-0.05, 0) is 37.8 Å². The van der Waals surface area contributed by atoms with Crippen LogP contribution in [-0.2, 0) is 0 Å². The van der Waals surface area contributed by atoms with Crippen molar-refractivity contribution >= 4 is 39.1 Å². The van der Waals surface area contributed by atoms with Crippen LogP contribution in [0.4, 0.5) is 5.69 Å². The van der Waals surface area contributed by atoms with Crippen molar-refractivity contribution in [1.82, 2.24) is 4.90 Å². The van der Waals surface area contributed by atoms with Gasteiger partial charge in [0.2, 0.25) is 0 Å². The molecule has 21 heavy (non-hydrogen) atoms. The minimum Gasteiger partial charge on any atom is -0.335 e. The highest BCUT2D eigenvalue weighted by Gasteiger charge is 2.32. The molecule has 1 aliphatic rings. The summed E-state index contributed by atoms with van der Waals surface area (Å²) in [5, 5.41) is 12.3. The number of alkyl halides is 1. The molecule has 2 rings (SSSR count). The molecule has 0 saturated carbocycles. The summed E-state index contributed by atoms with van der Waals surface area (Å²) in [6, 6.07) is 4.37. The van der Waals surface area contributed by atoms with Crippen LogP contribution in [0, 0.1) is 10.1 Å². The smallest absolute Gasteiger partial charge is 0.283 e. The lowest BCUT2D eigenvalue weighted by atomic mass is 10.1. The lowest BCUT2D eigenvalue weighted by molar-refractivity contribution is -0.385. The fourth-order valence-corrected chi connectivity index (χ4v) is 3.20. The van der Waals surface area contributed by atoms with Crippen LogP contribution >= 0.6 is 27.5 Å². The first-order valence-corrected chi connectivity index (χ1v) is 8.35. The summed E-state index contributed by atoms with van der Waals surface area (Å²) in [5.41, 5.74) is -0.103. The van der Waals surface area contributed by atoms with Gasteiger partial charge in [0, 0.05) is 29.0 Å².